The average Bonchev–Trinajstić information content (AvgIpc) is 3.04. The first-order valence-electron chi connectivity index (χ1n) is 12.3. The Hall–Kier alpha value is -0.860. The maximum absolute atomic E-state index is 13.5. The normalized spacial score (nSPS) is 47.7. The largest absolute Gasteiger partial charge is 0.469 e. The lowest BCUT2D eigenvalue weighted by Crippen LogP contribution is -2.57. The van der Waals surface area contributed by atoms with E-state index in [2.05, 4.69) is 27.7 Å². The molecule has 4 aliphatic carbocycles. The van der Waals surface area contributed by atoms with Gasteiger partial charge in [0.15, 0.2) is 0 Å². The Morgan fingerprint density at radius 3 is 2.52 bits per heavy atom. The predicted molar refractivity (Wildman–Crippen MR) is 115 cm³/mol. The van der Waals surface area contributed by atoms with E-state index in [0.717, 1.165) is 18.8 Å². The predicted octanol–water partition coefficient (Wildman–Crippen LogP) is 6.05. The number of carbonyl (C=O) groups excluding carboxylic acids is 2. The summed E-state index contributed by atoms with van der Waals surface area (Å²) in [5.74, 6) is 4.58. The lowest BCUT2D eigenvalue weighted by molar-refractivity contribution is -0.158. The molecular formula is C26H42O3. The molecule has 0 radical (unpaired) electrons. The van der Waals surface area contributed by atoms with Crippen LogP contribution in [-0.2, 0) is 14.3 Å². The molecule has 3 heteroatoms. The molecule has 1 unspecified atom stereocenters. The van der Waals surface area contributed by atoms with Gasteiger partial charge in [0.1, 0.15) is 5.78 Å². The van der Waals surface area contributed by atoms with E-state index < -0.39 is 0 Å². The van der Waals surface area contributed by atoms with Gasteiger partial charge in [-0.2, -0.15) is 0 Å². The third kappa shape index (κ3) is 3.39. The van der Waals surface area contributed by atoms with E-state index in [1.807, 2.05) is 0 Å². The lowest BCUT2D eigenvalue weighted by atomic mass is 9.43. The SMILES string of the molecule is COC(=O)CC[C@@H](C)C1CC[C@H]2[C@@H]3C(=O)C[C@@H]4C[C@H](C)CC[C@]4(C)[C@H]3CC[C@]12C. The van der Waals surface area contributed by atoms with Crippen LogP contribution >= 0.6 is 0 Å². The molecule has 0 bridgehead atoms. The molecule has 3 nitrogen and oxygen atoms in total. The zero-order valence-corrected chi connectivity index (χ0v) is 19.3. The highest BCUT2D eigenvalue weighted by molar-refractivity contribution is 5.83. The summed E-state index contributed by atoms with van der Waals surface area (Å²) < 4.78 is 4.87. The van der Waals surface area contributed by atoms with E-state index in [1.165, 1.54) is 52.1 Å². The average molecular weight is 403 g/mol. The third-order valence-electron chi connectivity index (χ3n) is 10.5. The summed E-state index contributed by atoms with van der Waals surface area (Å²) in [4.78, 5) is 25.1. The van der Waals surface area contributed by atoms with Gasteiger partial charge < -0.3 is 4.74 Å². The van der Waals surface area contributed by atoms with Gasteiger partial charge in [0.05, 0.1) is 7.11 Å². The molecule has 0 N–H and O–H groups in total. The van der Waals surface area contributed by atoms with Crippen LogP contribution in [0.1, 0.15) is 91.9 Å². The van der Waals surface area contributed by atoms with Crippen molar-refractivity contribution in [1.82, 2.24) is 0 Å². The molecule has 0 aliphatic heterocycles. The number of Topliss-reactive ketones (excluding diaryl/α,β-unsaturated/α-hetero) is 1. The van der Waals surface area contributed by atoms with Gasteiger partial charge in [-0.1, -0.05) is 34.1 Å². The summed E-state index contributed by atoms with van der Waals surface area (Å²) >= 11 is 0. The Kier molecular flexibility index (Phi) is 5.66. The zero-order valence-electron chi connectivity index (χ0n) is 19.3. The minimum Gasteiger partial charge on any atom is -0.469 e. The monoisotopic (exact) mass is 402 g/mol. The highest BCUT2D eigenvalue weighted by atomic mass is 16.5. The number of ether oxygens (including phenoxy) is 1. The van der Waals surface area contributed by atoms with Crippen molar-refractivity contribution in [3.63, 3.8) is 0 Å². The van der Waals surface area contributed by atoms with Crippen molar-refractivity contribution in [2.24, 2.45) is 52.3 Å². The van der Waals surface area contributed by atoms with Crippen LogP contribution in [-0.4, -0.2) is 18.9 Å². The highest BCUT2D eigenvalue weighted by Gasteiger charge is 2.62. The Balaban J connectivity index is 1.53. The third-order valence-corrected chi connectivity index (χ3v) is 10.5. The molecule has 29 heavy (non-hydrogen) atoms. The first-order chi connectivity index (χ1) is 13.7. The van der Waals surface area contributed by atoms with Crippen LogP contribution < -0.4 is 0 Å². The molecule has 0 aromatic rings. The van der Waals surface area contributed by atoms with Crippen molar-refractivity contribution < 1.29 is 14.3 Å². The molecule has 164 valence electrons. The molecule has 9 atom stereocenters. The molecule has 0 amide bonds. The number of rotatable bonds is 4. The molecule has 0 spiro atoms. The van der Waals surface area contributed by atoms with Gasteiger partial charge in [0, 0.05) is 18.8 Å². The number of ketones is 1. The quantitative estimate of drug-likeness (QED) is 0.538. The number of fused-ring (bicyclic) bond motifs is 5. The van der Waals surface area contributed by atoms with Crippen molar-refractivity contribution >= 4 is 11.8 Å². The number of hydrogen-bond acceptors (Lipinski definition) is 3. The molecule has 0 saturated heterocycles. The smallest absolute Gasteiger partial charge is 0.305 e. The minimum absolute atomic E-state index is 0.0896. The van der Waals surface area contributed by atoms with Crippen LogP contribution in [0.2, 0.25) is 0 Å². The Bertz CT molecular complexity index is 656. The van der Waals surface area contributed by atoms with Gasteiger partial charge in [-0.25, -0.2) is 0 Å². The Morgan fingerprint density at radius 2 is 1.79 bits per heavy atom. The standard InChI is InChI=1S/C26H42O3/c1-16-10-12-25(3)18(14-16)15-22(27)24-20-8-7-19(17(2)6-9-23(28)29-5)26(20,4)13-11-21(24)25/h16-21,24H,6-15H2,1-5H3/t16-,17-,18+,19?,20+,21+,24+,25+,26-/m1/s1. The van der Waals surface area contributed by atoms with Crippen molar-refractivity contribution in [3.8, 4) is 0 Å². The molecule has 4 fully saturated rings. The molecule has 4 saturated carbocycles. The maximum atomic E-state index is 13.5. The molecule has 0 aromatic carbocycles. The van der Waals surface area contributed by atoms with E-state index in [4.69, 9.17) is 4.74 Å². The number of carbonyl (C=O) groups is 2. The van der Waals surface area contributed by atoms with Crippen molar-refractivity contribution in [1.29, 1.82) is 0 Å². The van der Waals surface area contributed by atoms with Gasteiger partial charge in [-0.15, -0.1) is 0 Å². The second kappa shape index (κ2) is 7.68. The highest BCUT2D eigenvalue weighted by Crippen LogP contribution is 2.67. The first kappa shape index (κ1) is 21.4. The van der Waals surface area contributed by atoms with Crippen LogP contribution in [0.5, 0.6) is 0 Å². The van der Waals surface area contributed by atoms with Crippen molar-refractivity contribution in [3.05, 3.63) is 0 Å². The van der Waals surface area contributed by atoms with Gasteiger partial charge in [-0.3, -0.25) is 9.59 Å². The molecule has 4 aliphatic rings. The number of hydrogen-bond donors (Lipinski definition) is 0. The lowest BCUT2D eigenvalue weighted by Gasteiger charge is -2.60. The summed E-state index contributed by atoms with van der Waals surface area (Å²) in [5.41, 5.74) is 0.665. The Morgan fingerprint density at radius 1 is 1.10 bits per heavy atom. The van der Waals surface area contributed by atoms with Crippen molar-refractivity contribution in [2.75, 3.05) is 7.11 Å². The van der Waals surface area contributed by atoms with Crippen LogP contribution in [0, 0.1) is 52.3 Å². The summed E-state index contributed by atoms with van der Waals surface area (Å²) in [5, 5.41) is 0. The molecular weight excluding hydrogens is 360 g/mol. The topological polar surface area (TPSA) is 43.4 Å². The van der Waals surface area contributed by atoms with Gasteiger partial charge >= 0.3 is 5.97 Å². The Labute approximate surface area is 177 Å². The molecule has 0 aromatic heterocycles. The van der Waals surface area contributed by atoms with E-state index in [1.54, 1.807) is 0 Å². The number of methoxy groups -OCH3 is 1. The fraction of sp³-hybridized carbons (Fsp3) is 0.923. The first-order valence-corrected chi connectivity index (χ1v) is 12.3. The second-order valence-electron chi connectivity index (χ2n) is 11.8. The van der Waals surface area contributed by atoms with Crippen LogP contribution in [0.15, 0.2) is 0 Å². The summed E-state index contributed by atoms with van der Waals surface area (Å²) in [6, 6.07) is 0. The van der Waals surface area contributed by atoms with Gasteiger partial charge in [-0.05, 0) is 91.3 Å². The fourth-order valence-electron chi connectivity index (χ4n) is 8.77. The van der Waals surface area contributed by atoms with E-state index in [9.17, 15) is 9.59 Å². The van der Waals surface area contributed by atoms with Gasteiger partial charge in [0.2, 0.25) is 0 Å². The second-order valence-corrected chi connectivity index (χ2v) is 11.8. The van der Waals surface area contributed by atoms with Crippen LogP contribution in [0.3, 0.4) is 0 Å². The van der Waals surface area contributed by atoms with Crippen molar-refractivity contribution in [2.45, 2.75) is 91.9 Å². The molecule has 0 heterocycles. The van der Waals surface area contributed by atoms with Gasteiger partial charge in [0.25, 0.3) is 0 Å². The fourth-order valence-corrected chi connectivity index (χ4v) is 8.77. The van der Waals surface area contributed by atoms with E-state index >= 15 is 0 Å². The minimum atomic E-state index is -0.0896. The summed E-state index contributed by atoms with van der Waals surface area (Å²) in [6.07, 6.45) is 11.2. The van der Waals surface area contributed by atoms with Crippen LogP contribution in [0.4, 0.5) is 0 Å². The van der Waals surface area contributed by atoms with E-state index in [0.29, 0.717) is 53.1 Å². The zero-order chi connectivity index (χ0) is 21.0. The maximum Gasteiger partial charge on any atom is 0.305 e. The van der Waals surface area contributed by atoms with Crippen LogP contribution in [0.25, 0.3) is 0 Å². The molecule has 4 rings (SSSR count). The summed E-state index contributed by atoms with van der Waals surface area (Å²) in [6.45, 7) is 9.74. The number of esters is 1. The van der Waals surface area contributed by atoms with E-state index in [-0.39, 0.29) is 11.4 Å². The summed E-state index contributed by atoms with van der Waals surface area (Å²) in [7, 11) is 1.48.